The van der Waals surface area contributed by atoms with Crippen LogP contribution in [-0.2, 0) is 15.1 Å². The van der Waals surface area contributed by atoms with Gasteiger partial charge in [-0.3, -0.25) is 0 Å². The number of hydrogen-bond acceptors (Lipinski definition) is 3. The van der Waals surface area contributed by atoms with Gasteiger partial charge in [-0.15, -0.1) is 0 Å². The molecule has 0 aliphatic heterocycles. The van der Waals surface area contributed by atoms with E-state index >= 15 is 0 Å². The predicted octanol–water partition coefficient (Wildman–Crippen LogP) is 2.82. The number of benzene rings is 1. The first kappa shape index (κ1) is 14.2. The molecular weight excluding hydrogens is 216 g/mol. The van der Waals surface area contributed by atoms with E-state index in [4.69, 9.17) is 9.47 Å². The molecule has 0 bridgehead atoms. The Bertz CT molecular complexity index is 364. The zero-order valence-corrected chi connectivity index (χ0v) is 11.5. The lowest BCUT2D eigenvalue weighted by Crippen LogP contribution is -2.17. The van der Waals surface area contributed by atoms with Gasteiger partial charge in [0.25, 0.3) is 0 Å². The summed E-state index contributed by atoms with van der Waals surface area (Å²) >= 11 is 0. The van der Waals surface area contributed by atoms with Gasteiger partial charge in [-0.2, -0.15) is 0 Å². The number of ether oxygens (including phenoxy) is 2. The number of rotatable bonds is 4. The monoisotopic (exact) mass is 238 g/mol. The number of aliphatic hydroxyl groups is 1. The first-order valence-electron chi connectivity index (χ1n) is 5.70. The fourth-order valence-electron chi connectivity index (χ4n) is 2.03. The Hall–Kier alpha value is -0.900. The van der Waals surface area contributed by atoms with Crippen molar-refractivity contribution in [2.45, 2.75) is 39.6 Å². The van der Waals surface area contributed by atoms with Gasteiger partial charge in [-0.25, -0.2) is 0 Å². The Balaban J connectivity index is 3.28. The topological polar surface area (TPSA) is 38.7 Å². The van der Waals surface area contributed by atoms with Gasteiger partial charge in [-0.1, -0.05) is 12.1 Å². The second kappa shape index (κ2) is 5.17. The molecule has 0 saturated heterocycles. The summed E-state index contributed by atoms with van der Waals surface area (Å²) in [5, 5.41) is 10.0. The van der Waals surface area contributed by atoms with Crippen molar-refractivity contribution in [3.05, 3.63) is 34.4 Å². The van der Waals surface area contributed by atoms with Crippen LogP contribution < -0.4 is 0 Å². The van der Waals surface area contributed by atoms with Gasteiger partial charge < -0.3 is 14.6 Å². The Morgan fingerprint density at radius 3 is 1.76 bits per heavy atom. The molecule has 3 nitrogen and oxygen atoms in total. The van der Waals surface area contributed by atoms with E-state index in [1.54, 1.807) is 28.1 Å². The molecule has 1 rings (SSSR count). The highest BCUT2D eigenvalue weighted by Crippen LogP contribution is 2.30. The van der Waals surface area contributed by atoms with E-state index in [0.717, 1.165) is 22.3 Å². The van der Waals surface area contributed by atoms with Gasteiger partial charge in [0, 0.05) is 19.8 Å². The maximum atomic E-state index is 10.0. The number of aryl methyl sites for hydroxylation is 2. The van der Waals surface area contributed by atoms with Crippen LogP contribution in [0.5, 0.6) is 0 Å². The van der Waals surface area contributed by atoms with Gasteiger partial charge in [0.15, 0.2) is 6.29 Å². The summed E-state index contributed by atoms with van der Waals surface area (Å²) in [6.45, 7) is 7.57. The average molecular weight is 238 g/mol. The summed E-state index contributed by atoms with van der Waals surface area (Å²) < 4.78 is 10.6. The number of methoxy groups -OCH3 is 2. The highest BCUT2D eigenvalue weighted by atomic mass is 16.7. The molecule has 0 spiro atoms. The normalized spacial score (nSPS) is 12.2. The second-order valence-corrected chi connectivity index (χ2v) is 4.89. The molecule has 96 valence electrons. The van der Waals surface area contributed by atoms with Crippen molar-refractivity contribution in [3.63, 3.8) is 0 Å². The van der Waals surface area contributed by atoms with Crippen LogP contribution in [0.1, 0.15) is 42.4 Å². The first-order chi connectivity index (χ1) is 7.81. The van der Waals surface area contributed by atoms with Crippen molar-refractivity contribution < 1.29 is 14.6 Å². The fourth-order valence-corrected chi connectivity index (χ4v) is 2.03. The van der Waals surface area contributed by atoms with E-state index in [1.807, 2.05) is 26.0 Å². The quantitative estimate of drug-likeness (QED) is 0.820. The standard InChI is InChI=1S/C14H22O3/c1-9-7-11(14(3,4)15)8-10(2)12(9)13(16-5)17-6/h7-8,13,15H,1-6H3. The molecule has 0 aliphatic carbocycles. The van der Waals surface area contributed by atoms with Crippen molar-refractivity contribution in [2.75, 3.05) is 14.2 Å². The van der Waals surface area contributed by atoms with Crippen LogP contribution in [0.4, 0.5) is 0 Å². The Labute approximate surface area is 103 Å². The molecule has 0 radical (unpaired) electrons. The minimum Gasteiger partial charge on any atom is -0.386 e. The largest absolute Gasteiger partial charge is 0.386 e. The minimum absolute atomic E-state index is 0.356. The van der Waals surface area contributed by atoms with Crippen molar-refractivity contribution in [2.24, 2.45) is 0 Å². The summed E-state index contributed by atoms with van der Waals surface area (Å²) in [4.78, 5) is 0. The summed E-state index contributed by atoms with van der Waals surface area (Å²) in [6, 6.07) is 3.96. The summed E-state index contributed by atoms with van der Waals surface area (Å²) in [5.74, 6) is 0. The van der Waals surface area contributed by atoms with Crippen LogP contribution in [0.25, 0.3) is 0 Å². The van der Waals surface area contributed by atoms with Crippen LogP contribution in [0, 0.1) is 13.8 Å². The fraction of sp³-hybridized carbons (Fsp3) is 0.571. The highest BCUT2D eigenvalue weighted by Gasteiger charge is 2.21. The summed E-state index contributed by atoms with van der Waals surface area (Å²) in [7, 11) is 3.24. The predicted molar refractivity (Wildman–Crippen MR) is 67.9 cm³/mol. The molecule has 0 atom stereocenters. The lowest BCUT2D eigenvalue weighted by Gasteiger charge is -2.24. The lowest BCUT2D eigenvalue weighted by atomic mass is 9.91. The zero-order chi connectivity index (χ0) is 13.2. The zero-order valence-electron chi connectivity index (χ0n) is 11.5. The average Bonchev–Trinajstić information content (AvgIpc) is 2.21. The minimum atomic E-state index is -0.830. The number of hydrogen-bond donors (Lipinski definition) is 1. The van der Waals surface area contributed by atoms with Gasteiger partial charge in [0.2, 0.25) is 0 Å². The van der Waals surface area contributed by atoms with Gasteiger partial charge in [0.05, 0.1) is 5.60 Å². The van der Waals surface area contributed by atoms with Crippen LogP contribution in [0.3, 0.4) is 0 Å². The third-order valence-corrected chi connectivity index (χ3v) is 2.96. The van der Waals surface area contributed by atoms with E-state index in [9.17, 15) is 5.11 Å². The highest BCUT2D eigenvalue weighted by molar-refractivity contribution is 5.40. The van der Waals surface area contributed by atoms with Crippen molar-refractivity contribution in [1.29, 1.82) is 0 Å². The third-order valence-electron chi connectivity index (χ3n) is 2.96. The molecule has 3 heteroatoms. The van der Waals surface area contributed by atoms with Gasteiger partial charge in [-0.05, 0) is 44.4 Å². The van der Waals surface area contributed by atoms with Gasteiger partial charge >= 0.3 is 0 Å². The summed E-state index contributed by atoms with van der Waals surface area (Å²) in [6.07, 6.45) is -0.356. The molecule has 1 aromatic carbocycles. The smallest absolute Gasteiger partial charge is 0.183 e. The lowest BCUT2D eigenvalue weighted by molar-refractivity contribution is -0.106. The molecule has 0 aromatic heterocycles. The molecule has 0 aliphatic rings. The van der Waals surface area contributed by atoms with Crippen LogP contribution >= 0.6 is 0 Å². The van der Waals surface area contributed by atoms with E-state index in [0.29, 0.717) is 0 Å². The Morgan fingerprint density at radius 2 is 1.47 bits per heavy atom. The van der Waals surface area contributed by atoms with E-state index < -0.39 is 5.60 Å². The molecule has 0 amide bonds. The molecule has 0 saturated carbocycles. The molecular formula is C14H22O3. The second-order valence-electron chi connectivity index (χ2n) is 4.89. The van der Waals surface area contributed by atoms with Gasteiger partial charge in [0.1, 0.15) is 0 Å². The molecule has 0 heterocycles. The van der Waals surface area contributed by atoms with Crippen LogP contribution in [0.2, 0.25) is 0 Å². The van der Waals surface area contributed by atoms with Crippen molar-refractivity contribution in [1.82, 2.24) is 0 Å². The van der Waals surface area contributed by atoms with Crippen molar-refractivity contribution in [3.8, 4) is 0 Å². The summed E-state index contributed by atoms with van der Waals surface area (Å²) in [5.41, 5.74) is 3.24. The molecule has 0 unspecified atom stereocenters. The molecule has 1 aromatic rings. The Kier molecular flexibility index (Phi) is 4.31. The molecule has 0 fully saturated rings. The van der Waals surface area contributed by atoms with Crippen molar-refractivity contribution >= 4 is 0 Å². The van der Waals surface area contributed by atoms with E-state index in [2.05, 4.69) is 0 Å². The maximum Gasteiger partial charge on any atom is 0.183 e. The van der Waals surface area contributed by atoms with E-state index in [1.165, 1.54) is 0 Å². The third kappa shape index (κ3) is 3.06. The maximum absolute atomic E-state index is 10.0. The van der Waals surface area contributed by atoms with Crippen LogP contribution in [-0.4, -0.2) is 19.3 Å². The molecule has 1 N–H and O–H groups in total. The Morgan fingerprint density at radius 1 is 1.06 bits per heavy atom. The SMILES string of the molecule is COC(OC)c1c(C)cc(C(C)(C)O)cc1C. The molecule has 17 heavy (non-hydrogen) atoms. The van der Waals surface area contributed by atoms with Crippen LogP contribution in [0.15, 0.2) is 12.1 Å². The van der Waals surface area contributed by atoms with E-state index in [-0.39, 0.29) is 6.29 Å². The first-order valence-corrected chi connectivity index (χ1v) is 5.70.